The second-order valence-electron chi connectivity index (χ2n) is 5.25. The lowest BCUT2D eigenvalue weighted by Crippen LogP contribution is -2.43. The molecule has 1 aliphatic heterocycles. The van der Waals surface area contributed by atoms with Gasteiger partial charge in [-0.15, -0.1) is 0 Å². The van der Waals surface area contributed by atoms with E-state index in [1.807, 2.05) is 11.9 Å². The highest BCUT2D eigenvalue weighted by molar-refractivity contribution is 5.26. The van der Waals surface area contributed by atoms with E-state index >= 15 is 0 Å². The van der Waals surface area contributed by atoms with Gasteiger partial charge in [-0.1, -0.05) is 18.2 Å². The lowest BCUT2D eigenvalue weighted by molar-refractivity contribution is 0.124. The summed E-state index contributed by atoms with van der Waals surface area (Å²) in [5.74, 6) is -0.297. The van der Waals surface area contributed by atoms with Crippen LogP contribution in [-0.2, 0) is 0 Å². The number of halogens is 1. The van der Waals surface area contributed by atoms with Crippen molar-refractivity contribution in [3.8, 4) is 6.07 Å². The molecular formula is C15H20FN3. The summed E-state index contributed by atoms with van der Waals surface area (Å²) < 4.78 is 13.8. The molecule has 3 nitrogen and oxygen atoms in total. The average Bonchev–Trinajstić information content (AvgIpc) is 2.42. The number of hydrogen-bond donors (Lipinski definition) is 0. The van der Waals surface area contributed by atoms with Crippen LogP contribution in [0.3, 0.4) is 0 Å². The summed E-state index contributed by atoms with van der Waals surface area (Å²) in [5, 5.41) is 9.39. The normalized spacial score (nSPS) is 19.3. The molecule has 1 unspecified atom stereocenters. The average molecular weight is 261 g/mol. The molecule has 0 spiro atoms. The Morgan fingerprint density at radius 3 is 2.58 bits per heavy atom. The second kappa shape index (κ2) is 6.14. The van der Waals surface area contributed by atoms with Gasteiger partial charge in [0.1, 0.15) is 11.9 Å². The highest BCUT2D eigenvalue weighted by Crippen LogP contribution is 2.26. The van der Waals surface area contributed by atoms with Gasteiger partial charge in [-0.2, -0.15) is 5.26 Å². The van der Waals surface area contributed by atoms with Crippen LogP contribution in [0.1, 0.15) is 24.4 Å². The number of rotatable bonds is 3. The van der Waals surface area contributed by atoms with Gasteiger partial charge >= 0.3 is 0 Å². The van der Waals surface area contributed by atoms with Crippen LogP contribution in [-0.4, -0.2) is 43.0 Å². The zero-order valence-electron chi connectivity index (χ0n) is 11.5. The fraction of sp³-hybridized carbons (Fsp3) is 0.533. The van der Waals surface area contributed by atoms with Gasteiger partial charge in [0.2, 0.25) is 0 Å². The van der Waals surface area contributed by atoms with Gasteiger partial charge in [0.25, 0.3) is 0 Å². The standard InChI is InChI=1S/C15H20FN3/c1-18-9-7-12(8-10-18)19(2)15(11-17)13-5-3-4-6-14(13)16/h3-6,12,15H,7-10H2,1-2H3. The van der Waals surface area contributed by atoms with Crippen LogP contribution in [0.5, 0.6) is 0 Å². The molecule has 0 bridgehead atoms. The summed E-state index contributed by atoms with van der Waals surface area (Å²) in [6, 6.07) is 8.64. The molecule has 0 N–H and O–H groups in total. The largest absolute Gasteiger partial charge is 0.306 e. The minimum Gasteiger partial charge on any atom is -0.306 e. The molecule has 2 rings (SSSR count). The summed E-state index contributed by atoms with van der Waals surface area (Å²) in [6.45, 7) is 2.06. The second-order valence-corrected chi connectivity index (χ2v) is 5.25. The van der Waals surface area contributed by atoms with E-state index in [0.29, 0.717) is 11.6 Å². The topological polar surface area (TPSA) is 30.3 Å². The number of nitrogens with zero attached hydrogens (tertiary/aromatic N) is 3. The van der Waals surface area contributed by atoms with Gasteiger partial charge in [0.15, 0.2) is 0 Å². The fourth-order valence-corrected chi connectivity index (χ4v) is 2.69. The van der Waals surface area contributed by atoms with Crippen LogP contribution in [0.25, 0.3) is 0 Å². The third kappa shape index (κ3) is 3.12. The molecule has 1 atom stereocenters. The van der Waals surface area contributed by atoms with Gasteiger partial charge in [-0.25, -0.2) is 4.39 Å². The van der Waals surface area contributed by atoms with Crippen molar-refractivity contribution in [3.63, 3.8) is 0 Å². The van der Waals surface area contributed by atoms with Crippen LogP contribution < -0.4 is 0 Å². The predicted octanol–water partition coefficient (Wildman–Crippen LogP) is 2.42. The summed E-state index contributed by atoms with van der Waals surface area (Å²) in [7, 11) is 4.03. The molecule has 1 aliphatic rings. The number of piperidine rings is 1. The van der Waals surface area contributed by atoms with Crippen molar-refractivity contribution in [2.24, 2.45) is 0 Å². The molecule has 0 aromatic heterocycles. The van der Waals surface area contributed by atoms with E-state index in [0.717, 1.165) is 25.9 Å². The Labute approximate surface area is 114 Å². The predicted molar refractivity (Wildman–Crippen MR) is 73.0 cm³/mol. The first-order valence-corrected chi connectivity index (χ1v) is 6.68. The molecule has 1 saturated heterocycles. The summed E-state index contributed by atoms with van der Waals surface area (Å²) in [4.78, 5) is 4.31. The van der Waals surface area contributed by atoms with Crippen LogP contribution >= 0.6 is 0 Å². The molecule has 0 amide bonds. The monoisotopic (exact) mass is 261 g/mol. The van der Waals surface area contributed by atoms with E-state index in [2.05, 4.69) is 18.0 Å². The molecule has 1 fully saturated rings. The van der Waals surface area contributed by atoms with E-state index in [1.54, 1.807) is 18.2 Å². The molecule has 0 saturated carbocycles. The molecule has 19 heavy (non-hydrogen) atoms. The van der Waals surface area contributed by atoms with Crippen molar-refractivity contribution >= 4 is 0 Å². The summed E-state index contributed by atoms with van der Waals surface area (Å²) in [6.07, 6.45) is 2.05. The van der Waals surface area contributed by atoms with Crippen molar-refractivity contribution < 1.29 is 4.39 Å². The summed E-state index contributed by atoms with van der Waals surface area (Å²) in [5.41, 5.74) is 0.478. The van der Waals surface area contributed by atoms with Crippen molar-refractivity contribution in [1.82, 2.24) is 9.80 Å². The van der Waals surface area contributed by atoms with Gasteiger partial charge in [-0.05, 0) is 46.1 Å². The Morgan fingerprint density at radius 1 is 1.37 bits per heavy atom. The molecule has 4 heteroatoms. The third-order valence-corrected chi connectivity index (χ3v) is 3.99. The zero-order chi connectivity index (χ0) is 13.8. The minimum absolute atomic E-state index is 0.297. The van der Waals surface area contributed by atoms with Gasteiger partial charge in [-0.3, -0.25) is 4.90 Å². The molecule has 0 aliphatic carbocycles. The van der Waals surface area contributed by atoms with Gasteiger partial charge < -0.3 is 4.90 Å². The first kappa shape index (κ1) is 14.0. The highest BCUT2D eigenvalue weighted by Gasteiger charge is 2.28. The molecule has 1 heterocycles. The highest BCUT2D eigenvalue weighted by atomic mass is 19.1. The Bertz CT molecular complexity index is 461. The van der Waals surface area contributed by atoms with Crippen molar-refractivity contribution in [1.29, 1.82) is 5.26 Å². The Morgan fingerprint density at radius 2 is 2.00 bits per heavy atom. The molecule has 102 valence electrons. The van der Waals surface area contributed by atoms with Crippen molar-refractivity contribution in [2.45, 2.75) is 24.9 Å². The fourth-order valence-electron chi connectivity index (χ4n) is 2.69. The van der Waals surface area contributed by atoms with Gasteiger partial charge in [0.05, 0.1) is 6.07 Å². The third-order valence-electron chi connectivity index (χ3n) is 3.99. The molecular weight excluding hydrogens is 241 g/mol. The van der Waals surface area contributed by atoms with E-state index in [-0.39, 0.29) is 5.82 Å². The van der Waals surface area contributed by atoms with Crippen LogP contribution in [0.2, 0.25) is 0 Å². The quantitative estimate of drug-likeness (QED) is 0.837. The lowest BCUT2D eigenvalue weighted by Gasteiger charge is -2.37. The van der Waals surface area contributed by atoms with E-state index < -0.39 is 6.04 Å². The van der Waals surface area contributed by atoms with Crippen molar-refractivity contribution in [2.75, 3.05) is 27.2 Å². The van der Waals surface area contributed by atoms with Gasteiger partial charge in [0, 0.05) is 11.6 Å². The van der Waals surface area contributed by atoms with Crippen molar-refractivity contribution in [3.05, 3.63) is 35.6 Å². The molecule has 0 radical (unpaired) electrons. The van der Waals surface area contributed by atoms with Crippen LogP contribution in [0.15, 0.2) is 24.3 Å². The van der Waals surface area contributed by atoms with E-state index in [4.69, 9.17) is 0 Å². The summed E-state index contributed by atoms with van der Waals surface area (Å²) >= 11 is 0. The Hall–Kier alpha value is -1.44. The SMILES string of the molecule is CN1CCC(N(C)C(C#N)c2ccccc2F)CC1. The maximum atomic E-state index is 13.8. The Balaban J connectivity index is 2.14. The minimum atomic E-state index is -0.505. The number of likely N-dealkylation sites (tertiary alicyclic amines) is 1. The Kier molecular flexibility index (Phi) is 4.52. The lowest BCUT2D eigenvalue weighted by atomic mass is 9.99. The first-order chi connectivity index (χ1) is 9.13. The molecule has 1 aromatic carbocycles. The van der Waals surface area contributed by atoms with Crippen LogP contribution in [0.4, 0.5) is 4.39 Å². The first-order valence-electron chi connectivity index (χ1n) is 6.68. The van der Waals surface area contributed by atoms with E-state index in [1.165, 1.54) is 6.07 Å². The maximum Gasteiger partial charge on any atom is 0.129 e. The van der Waals surface area contributed by atoms with Crippen LogP contribution in [0, 0.1) is 17.1 Å². The zero-order valence-corrected chi connectivity index (χ0v) is 11.5. The number of benzene rings is 1. The number of hydrogen-bond acceptors (Lipinski definition) is 3. The molecule has 1 aromatic rings. The number of nitriles is 1. The van der Waals surface area contributed by atoms with E-state index in [9.17, 15) is 9.65 Å². The maximum absolute atomic E-state index is 13.8. The smallest absolute Gasteiger partial charge is 0.129 e.